The minimum Gasteiger partial charge on any atom is -0.481 e. The number of hydrogen-bond acceptors (Lipinski definition) is 4. The summed E-state index contributed by atoms with van der Waals surface area (Å²) in [6.45, 7) is 2.04. The quantitative estimate of drug-likeness (QED) is 0.856. The van der Waals surface area contributed by atoms with Gasteiger partial charge in [-0.1, -0.05) is 18.2 Å². The molecule has 3 N–H and O–H groups in total. The predicted molar refractivity (Wildman–Crippen MR) is 88.3 cm³/mol. The van der Waals surface area contributed by atoms with E-state index in [2.05, 4.69) is 5.10 Å². The van der Waals surface area contributed by atoms with Gasteiger partial charge in [0.05, 0.1) is 11.1 Å². The normalized spacial score (nSPS) is 19.8. The van der Waals surface area contributed by atoms with E-state index in [0.717, 1.165) is 0 Å². The van der Waals surface area contributed by atoms with Crippen molar-refractivity contribution >= 4 is 17.8 Å². The highest BCUT2D eigenvalue weighted by molar-refractivity contribution is 5.98. The van der Waals surface area contributed by atoms with E-state index in [1.54, 1.807) is 31.2 Å². The zero-order valence-electron chi connectivity index (χ0n) is 13.7. The van der Waals surface area contributed by atoms with Crippen molar-refractivity contribution in [3.63, 3.8) is 0 Å². The molecular weight excluding hydrogens is 324 g/mol. The summed E-state index contributed by atoms with van der Waals surface area (Å²) in [6.07, 6.45) is 0.371. The highest BCUT2D eigenvalue weighted by Crippen LogP contribution is 2.31. The number of rotatable bonds is 4. The number of hydrogen-bond donors (Lipinski definition) is 2. The van der Waals surface area contributed by atoms with Gasteiger partial charge in [0.2, 0.25) is 0 Å². The zero-order chi connectivity index (χ0) is 18.2. The Bertz CT molecular complexity index is 846. The summed E-state index contributed by atoms with van der Waals surface area (Å²) in [5, 5.41) is 13.5. The molecule has 1 fully saturated rings. The molecule has 0 radical (unpaired) electrons. The van der Waals surface area contributed by atoms with Gasteiger partial charge in [0.15, 0.2) is 5.69 Å². The Kier molecular flexibility index (Phi) is 4.03. The second-order valence-corrected chi connectivity index (χ2v) is 6.37. The number of nitrogens with two attached hydrogens (primary N) is 1. The SMILES string of the molecule is C[C@@]1(C(=O)O)CCN(C(=O)c2cc(C(N)=O)n(-c3ccccc3)n2)C1. The van der Waals surface area contributed by atoms with Gasteiger partial charge in [-0.2, -0.15) is 5.10 Å². The molecule has 130 valence electrons. The molecule has 1 aliphatic rings. The maximum atomic E-state index is 12.7. The second-order valence-electron chi connectivity index (χ2n) is 6.37. The summed E-state index contributed by atoms with van der Waals surface area (Å²) in [5.41, 5.74) is 5.19. The number of likely N-dealkylation sites (tertiary alicyclic amines) is 1. The summed E-state index contributed by atoms with van der Waals surface area (Å²) in [7, 11) is 0. The summed E-state index contributed by atoms with van der Waals surface area (Å²) in [6, 6.07) is 10.2. The summed E-state index contributed by atoms with van der Waals surface area (Å²) < 4.78 is 1.32. The van der Waals surface area contributed by atoms with Gasteiger partial charge in [-0.3, -0.25) is 14.4 Å². The largest absolute Gasteiger partial charge is 0.481 e. The van der Waals surface area contributed by atoms with Crippen molar-refractivity contribution in [3.8, 4) is 5.69 Å². The molecule has 0 aliphatic carbocycles. The molecule has 8 nitrogen and oxygen atoms in total. The standard InChI is InChI=1S/C17H18N4O4/c1-17(16(24)25)7-8-20(10-17)15(23)12-9-13(14(18)22)21(19-12)11-5-3-2-4-6-11/h2-6,9H,7-8,10H2,1H3,(H2,18,22)(H,24,25)/t17-/m1/s1. The Balaban J connectivity index is 1.92. The first-order chi connectivity index (χ1) is 11.8. The molecule has 0 spiro atoms. The molecule has 1 aliphatic heterocycles. The minimum absolute atomic E-state index is 0.0623. The monoisotopic (exact) mass is 342 g/mol. The summed E-state index contributed by atoms with van der Waals surface area (Å²) in [4.78, 5) is 37.2. The molecule has 1 saturated heterocycles. The van der Waals surface area contributed by atoms with Gasteiger partial charge in [-0.15, -0.1) is 0 Å². The smallest absolute Gasteiger partial charge is 0.311 e. The maximum Gasteiger partial charge on any atom is 0.311 e. The molecule has 2 aromatic rings. The average Bonchev–Trinajstić information content (AvgIpc) is 3.20. The van der Waals surface area contributed by atoms with Crippen LogP contribution in [-0.4, -0.2) is 50.7 Å². The summed E-state index contributed by atoms with van der Waals surface area (Å²) >= 11 is 0. The van der Waals surface area contributed by atoms with Gasteiger partial charge in [-0.25, -0.2) is 4.68 Å². The van der Waals surface area contributed by atoms with Crippen LogP contribution in [0, 0.1) is 5.41 Å². The molecule has 25 heavy (non-hydrogen) atoms. The molecule has 8 heteroatoms. The van der Waals surface area contributed by atoms with Crippen LogP contribution in [0.1, 0.15) is 34.3 Å². The van der Waals surface area contributed by atoms with E-state index in [4.69, 9.17) is 5.73 Å². The number of amides is 2. The molecule has 1 aromatic heterocycles. The first kappa shape index (κ1) is 16.7. The van der Waals surface area contributed by atoms with Crippen molar-refractivity contribution in [3.05, 3.63) is 47.8 Å². The number of aromatic nitrogens is 2. The summed E-state index contributed by atoms with van der Waals surface area (Å²) in [5.74, 6) is -2.05. The van der Waals surface area contributed by atoms with Crippen LogP contribution in [0.5, 0.6) is 0 Å². The lowest BCUT2D eigenvalue weighted by Crippen LogP contribution is -2.35. The Hall–Kier alpha value is -3.16. The fraction of sp³-hybridized carbons (Fsp3) is 0.294. The Labute approximate surface area is 143 Å². The number of aliphatic carboxylic acids is 1. The number of carboxylic acid groups (broad SMARTS) is 1. The lowest BCUT2D eigenvalue weighted by Gasteiger charge is -2.19. The minimum atomic E-state index is -0.968. The number of primary amides is 1. The van der Waals surface area contributed by atoms with Crippen LogP contribution in [0.3, 0.4) is 0 Å². The van der Waals surface area contributed by atoms with Crippen LogP contribution in [0.25, 0.3) is 5.69 Å². The number of benzene rings is 1. The average molecular weight is 342 g/mol. The van der Waals surface area contributed by atoms with Crippen LogP contribution in [0.2, 0.25) is 0 Å². The molecule has 1 aromatic carbocycles. The van der Waals surface area contributed by atoms with Crippen LogP contribution < -0.4 is 5.73 Å². The molecule has 0 unspecified atom stereocenters. The lowest BCUT2D eigenvalue weighted by molar-refractivity contribution is -0.147. The third-order valence-electron chi connectivity index (χ3n) is 4.46. The number of carbonyl (C=O) groups is 3. The second kappa shape index (κ2) is 6.04. The zero-order valence-corrected chi connectivity index (χ0v) is 13.7. The number of carbonyl (C=O) groups excluding carboxylic acids is 2. The van der Waals surface area contributed by atoms with Gasteiger partial charge in [0.1, 0.15) is 5.69 Å². The van der Waals surface area contributed by atoms with E-state index >= 15 is 0 Å². The first-order valence-electron chi connectivity index (χ1n) is 7.80. The highest BCUT2D eigenvalue weighted by atomic mass is 16.4. The third kappa shape index (κ3) is 2.98. The van der Waals surface area contributed by atoms with Crippen molar-refractivity contribution in [2.24, 2.45) is 11.1 Å². The number of carboxylic acids is 1. The van der Waals surface area contributed by atoms with Crippen LogP contribution in [0.15, 0.2) is 36.4 Å². The highest BCUT2D eigenvalue weighted by Gasteiger charge is 2.42. The van der Waals surface area contributed by atoms with Gasteiger partial charge in [0, 0.05) is 19.2 Å². The number of nitrogens with zero attached hydrogens (tertiary/aromatic N) is 3. The van der Waals surface area contributed by atoms with Crippen LogP contribution in [0.4, 0.5) is 0 Å². The molecule has 0 bridgehead atoms. The Morgan fingerprint density at radius 3 is 2.48 bits per heavy atom. The lowest BCUT2D eigenvalue weighted by atomic mass is 9.90. The van der Waals surface area contributed by atoms with E-state index in [0.29, 0.717) is 18.7 Å². The van der Waals surface area contributed by atoms with E-state index in [1.807, 2.05) is 6.07 Å². The molecule has 1 atom stereocenters. The Morgan fingerprint density at radius 1 is 1.24 bits per heavy atom. The van der Waals surface area contributed by atoms with Gasteiger partial charge >= 0.3 is 5.97 Å². The topological polar surface area (TPSA) is 119 Å². The van der Waals surface area contributed by atoms with Gasteiger partial charge in [-0.05, 0) is 25.5 Å². The Morgan fingerprint density at radius 2 is 1.92 bits per heavy atom. The molecule has 0 saturated carbocycles. The fourth-order valence-electron chi connectivity index (χ4n) is 2.90. The van der Waals surface area contributed by atoms with Gasteiger partial charge in [0.25, 0.3) is 11.8 Å². The molecule has 3 rings (SSSR count). The van der Waals surface area contributed by atoms with Gasteiger partial charge < -0.3 is 15.7 Å². The van der Waals surface area contributed by atoms with E-state index in [1.165, 1.54) is 15.6 Å². The van der Waals surface area contributed by atoms with E-state index < -0.39 is 23.2 Å². The predicted octanol–water partition coefficient (Wildman–Crippen LogP) is 0.908. The molecular formula is C17H18N4O4. The third-order valence-corrected chi connectivity index (χ3v) is 4.46. The van der Waals surface area contributed by atoms with E-state index in [9.17, 15) is 19.5 Å². The van der Waals surface area contributed by atoms with Crippen molar-refractivity contribution in [2.45, 2.75) is 13.3 Å². The maximum absolute atomic E-state index is 12.7. The van der Waals surface area contributed by atoms with Crippen molar-refractivity contribution in [1.82, 2.24) is 14.7 Å². The first-order valence-corrected chi connectivity index (χ1v) is 7.80. The molecule has 2 heterocycles. The van der Waals surface area contributed by atoms with Crippen molar-refractivity contribution in [2.75, 3.05) is 13.1 Å². The number of para-hydroxylation sites is 1. The van der Waals surface area contributed by atoms with Crippen LogP contribution >= 0.6 is 0 Å². The van der Waals surface area contributed by atoms with E-state index in [-0.39, 0.29) is 17.9 Å². The fourth-order valence-corrected chi connectivity index (χ4v) is 2.90. The van der Waals surface area contributed by atoms with Crippen molar-refractivity contribution < 1.29 is 19.5 Å². The van der Waals surface area contributed by atoms with Crippen LogP contribution in [-0.2, 0) is 4.79 Å². The van der Waals surface area contributed by atoms with Crippen molar-refractivity contribution in [1.29, 1.82) is 0 Å². The molecule has 2 amide bonds.